The molecular weight excluding hydrogens is 390 g/mol. The van der Waals surface area contributed by atoms with Gasteiger partial charge < -0.3 is 25.0 Å². The Kier molecular flexibility index (Phi) is 9.44. The van der Waals surface area contributed by atoms with Crippen molar-refractivity contribution in [3.63, 3.8) is 0 Å². The van der Waals surface area contributed by atoms with E-state index >= 15 is 0 Å². The van der Waals surface area contributed by atoms with Crippen LogP contribution in [-0.2, 0) is 11.3 Å². The molecule has 1 aromatic carbocycles. The van der Waals surface area contributed by atoms with Crippen LogP contribution in [0.4, 0.5) is 11.5 Å². The molecule has 7 nitrogen and oxygen atoms in total. The number of nitrogens with zero attached hydrogens (tertiary/aromatic N) is 3. The molecule has 1 fully saturated rings. The predicted molar refractivity (Wildman–Crippen MR) is 127 cm³/mol. The molecule has 0 radical (unpaired) electrons. The maximum Gasteiger partial charge on any atom is 0.196 e. The molecule has 1 aliphatic rings. The van der Waals surface area contributed by atoms with E-state index in [1.807, 2.05) is 36.5 Å². The van der Waals surface area contributed by atoms with Crippen molar-refractivity contribution in [1.82, 2.24) is 10.3 Å². The van der Waals surface area contributed by atoms with Gasteiger partial charge in [0.2, 0.25) is 0 Å². The number of guanidine groups is 1. The van der Waals surface area contributed by atoms with Crippen LogP contribution in [0.2, 0.25) is 0 Å². The highest BCUT2D eigenvalue weighted by molar-refractivity contribution is 5.93. The Hall–Kier alpha value is -2.80. The lowest BCUT2D eigenvalue weighted by Gasteiger charge is -2.27. The Labute approximate surface area is 185 Å². The molecule has 0 spiro atoms. The van der Waals surface area contributed by atoms with Gasteiger partial charge in [0.25, 0.3) is 0 Å². The molecule has 2 aromatic rings. The predicted octanol–water partition coefficient (Wildman–Crippen LogP) is 4.06. The van der Waals surface area contributed by atoms with Gasteiger partial charge in [-0.05, 0) is 56.0 Å². The second-order valence-electron chi connectivity index (χ2n) is 7.61. The van der Waals surface area contributed by atoms with Crippen LogP contribution in [-0.4, -0.2) is 50.9 Å². The van der Waals surface area contributed by atoms with E-state index in [1.54, 1.807) is 7.11 Å². The summed E-state index contributed by atoms with van der Waals surface area (Å²) in [6, 6.07) is 12.1. The number of hydrogen-bond acceptors (Lipinski definition) is 5. The maximum absolute atomic E-state index is 5.80. The van der Waals surface area contributed by atoms with Crippen molar-refractivity contribution in [3.05, 3.63) is 48.2 Å². The second-order valence-corrected chi connectivity index (χ2v) is 7.61. The van der Waals surface area contributed by atoms with Crippen molar-refractivity contribution < 1.29 is 9.47 Å². The molecule has 0 bridgehead atoms. The first-order valence-corrected chi connectivity index (χ1v) is 11.3. The van der Waals surface area contributed by atoms with E-state index in [0.717, 1.165) is 54.8 Å². The smallest absolute Gasteiger partial charge is 0.196 e. The number of benzene rings is 1. The minimum atomic E-state index is 0.589. The molecular formula is C24H35N5O2. The number of piperidine rings is 1. The Morgan fingerprint density at radius 2 is 2.00 bits per heavy atom. The quantitative estimate of drug-likeness (QED) is 0.340. The molecule has 2 heterocycles. The van der Waals surface area contributed by atoms with Gasteiger partial charge in [0.15, 0.2) is 5.96 Å². The topological polar surface area (TPSA) is 71.0 Å². The van der Waals surface area contributed by atoms with Crippen LogP contribution in [0.5, 0.6) is 5.75 Å². The third-order valence-corrected chi connectivity index (χ3v) is 5.11. The molecule has 7 heteroatoms. The lowest BCUT2D eigenvalue weighted by atomic mass is 10.1. The van der Waals surface area contributed by atoms with E-state index < -0.39 is 0 Å². The van der Waals surface area contributed by atoms with Crippen molar-refractivity contribution in [1.29, 1.82) is 0 Å². The van der Waals surface area contributed by atoms with Gasteiger partial charge in [0.1, 0.15) is 11.6 Å². The van der Waals surface area contributed by atoms with E-state index in [1.165, 1.54) is 19.3 Å². The van der Waals surface area contributed by atoms with Gasteiger partial charge in [-0.2, -0.15) is 0 Å². The van der Waals surface area contributed by atoms with Gasteiger partial charge in [-0.25, -0.2) is 9.98 Å². The van der Waals surface area contributed by atoms with Gasteiger partial charge in [0, 0.05) is 57.7 Å². The van der Waals surface area contributed by atoms with E-state index in [2.05, 4.69) is 33.5 Å². The van der Waals surface area contributed by atoms with E-state index in [9.17, 15) is 0 Å². The lowest BCUT2D eigenvalue weighted by Crippen LogP contribution is -2.31. The molecule has 0 amide bonds. The van der Waals surface area contributed by atoms with Gasteiger partial charge in [-0.3, -0.25) is 0 Å². The van der Waals surface area contributed by atoms with Crippen LogP contribution in [0.25, 0.3) is 0 Å². The van der Waals surface area contributed by atoms with Crippen LogP contribution in [0.15, 0.2) is 47.6 Å². The Morgan fingerprint density at radius 3 is 2.81 bits per heavy atom. The van der Waals surface area contributed by atoms with Gasteiger partial charge in [-0.15, -0.1) is 0 Å². The first-order chi connectivity index (χ1) is 15.3. The number of hydrogen-bond donors (Lipinski definition) is 2. The van der Waals surface area contributed by atoms with Crippen molar-refractivity contribution in [2.75, 3.05) is 50.2 Å². The molecule has 1 aromatic heterocycles. The summed E-state index contributed by atoms with van der Waals surface area (Å²) in [5.41, 5.74) is 2.09. The molecule has 0 saturated carbocycles. The minimum absolute atomic E-state index is 0.589. The summed E-state index contributed by atoms with van der Waals surface area (Å²) >= 11 is 0. The van der Waals surface area contributed by atoms with Gasteiger partial charge in [0.05, 0.1) is 13.2 Å². The largest absolute Gasteiger partial charge is 0.493 e. The lowest BCUT2D eigenvalue weighted by molar-refractivity contribution is 0.172. The normalized spacial score (nSPS) is 14.4. The third kappa shape index (κ3) is 7.75. The number of methoxy groups -OCH3 is 1. The second kappa shape index (κ2) is 12.8. The molecule has 0 atom stereocenters. The number of aromatic nitrogens is 1. The number of ether oxygens (including phenoxy) is 2. The molecule has 0 aliphatic carbocycles. The highest BCUT2D eigenvalue weighted by Gasteiger charge is 2.12. The number of aliphatic imine (C=N–C) groups is 1. The van der Waals surface area contributed by atoms with Crippen molar-refractivity contribution in [2.45, 2.75) is 39.2 Å². The van der Waals surface area contributed by atoms with Crippen LogP contribution >= 0.6 is 0 Å². The average molecular weight is 426 g/mol. The summed E-state index contributed by atoms with van der Waals surface area (Å²) in [7, 11) is 1.70. The fourth-order valence-electron chi connectivity index (χ4n) is 3.53. The fraction of sp³-hybridized carbons (Fsp3) is 0.500. The molecule has 3 rings (SSSR count). The summed E-state index contributed by atoms with van der Waals surface area (Å²) in [6.45, 7) is 6.95. The van der Waals surface area contributed by atoms with Crippen molar-refractivity contribution >= 4 is 17.5 Å². The zero-order valence-electron chi connectivity index (χ0n) is 18.8. The highest BCUT2D eigenvalue weighted by atomic mass is 16.5. The standard InChI is InChI=1S/C24H35N5O2/c1-3-25-24(28-21-9-7-10-22(18-21)31-16-8-15-30-2)27-19-20-11-12-26-23(17-20)29-13-5-4-6-14-29/h7,9-12,17-18H,3-6,8,13-16,19H2,1-2H3,(H2,25,27,28). The summed E-state index contributed by atoms with van der Waals surface area (Å²) in [6.07, 6.45) is 6.56. The monoisotopic (exact) mass is 425 g/mol. The average Bonchev–Trinajstić information content (AvgIpc) is 2.81. The van der Waals surface area contributed by atoms with Crippen molar-refractivity contribution in [2.24, 2.45) is 4.99 Å². The van der Waals surface area contributed by atoms with E-state index in [0.29, 0.717) is 19.8 Å². The molecule has 1 saturated heterocycles. The summed E-state index contributed by atoms with van der Waals surface area (Å²) in [4.78, 5) is 11.7. The molecule has 31 heavy (non-hydrogen) atoms. The first kappa shape index (κ1) is 22.9. The minimum Gasteiger partial charge on any atom is -0.493 e. The fourth-order valence-corrected chi connectivity index (χ4v) is 3.53. The molecule has 168 valence electrons. The molecule has 0 unspecified atom stereocenters. The van der Waals surface area contributed by atoms with Crippen LogP contribution in [0.1, 0.15) is 38.2 Å². The number of anilines is 2. The van der Waals surface area contributed by atoms with Crippen LogP contribution in [0.3, 0.4) is 0 Å². The molecule has 1 aliphatic heterocycles. The van der Waals surface area contributed by atoms with Gasteiger partial charge >= 0.3 is 0 Å². The van der Waals surface area contributed by atoms with Crippen molar-refractivity contribution in [3.8, 4) is 5.75 Å². The van der Waals surface area contributed by atoms with E-state index in [4.69, 9.17) is 14.5 Å². The zero-order valence-corrected chi connectivity index (χ0v) is 18.8. The first-order valence-electron chi connectivity index (χ1n) is 11.3. The van der Waals surface area contributed by atoms with Crippen LogP contribution < -0.4 is 20.3 Å². The third-order valence-electron chi connectivity index (χ3n) is 5.11. The molecule has 2 N–H and O–H groups in total. The maximum atomic E-state index is 5.80. The Balaban J connectivity index is 1.61. The van der Waals surface area contributed by atoms with E-state index in [-0.39, 0.29) is 0 Å². The summed E-state index contributed by atoms with van der Waals surface area (Å²) in [5.74, 6) is 2.64. The highest BCUT2D eigenvalue weighted by Crippen LogP contribution is 2.19. The number of rotatable bonds is 10. The van der Waals surface area contributed by atoms with Gasteiger partial charge in [-0.1, -0.05) is 6.07 Å². The SMILES string of the molecule is CCNC(=NCc1ccnc(N2CCCCC2)c1)Nc1cccc(OCCCOC)c1. The Morgan fingerprint density at radius 1 is 1.13 bits per heavy atom. The number of nitrogens with one attached hydrogen (secondary N) is 2. The zero-order chi connectivity index (χ0) is 21.7. The summed E-state index contributed by atoms with van der Waals surface area (Å²) < 4.78 is 10.9. The number of pyridine rings is 1. The van der Waals surface area contributed by atoms with Crippen LogP contribution in [0, 0.1) is 0 Å². The summed E-state index contributed by atoms with van der Waals surface area (Å²) in [5, 5.41) is 6.69. The Bertz CT molecular complexity index is 821.